The van der Waals surface area contributed by atoms with Crippen LogP contribution in [0.25, 0.3) is 0 Å². The van der Waals surface area contributed by atoms with Gasteiger partial charge in [0.1, 0.15) is 0 Å². The summed E-state index contributed by atoms with van der Waals surface area (Å²) in [6, 6.07) is 0. The Labute approximate surface area is 72.4 Å². The highest BCUT2D eigenvalue weighted by atomic mass is 18.0. The molecule has 14 nitrogen and oxygen atoms in total. The van der Waals surface area contributed by atoms with E-state index >= 15 is 0 Å². The normalized spacial score (nSPS) is 10.7. The lowest BCUT2D eigenvalue weighted by Gasteiger charge is -1.96. The lowest BCUT2D eigenvalue weighted by atomic mass is 14.0. The molecule has 0 amide bonds. The number of rotatable bonds is 11. The van der Waals surface area contributed by atoms with Gasteiger partial charge in [0, 0.05) is 0 Å². The average molecular weight is 226 g/mol. The summed E-state index contributed by atoms with van der Waals surface area (Å²) in [6.07, 6.45) is 0. The number of hydrogen-bond acceptors (Lipinski definition) is 14. The van der Waals surface area contributed by atoms with Gasteiger partial charge >= 0.3 is 0 Å². The molecule has 0 atom stereocenters. The van der Waals surface area contributed by atoms with Crippen LogP contribution in [0.15, 0.2) is 0 Å². The smallest absolute Gasteiger partial charge is 0.0000000000361 e. The van der Waals surface area contributed by atoms with Gasteiger partial charge in [-0.15, -0.1) is 0 Å². The molecule has 14 heteroatoms. The Kier molecular flexibility index (Phi) is 11.9. The van der Waals surface area contributed by atoms with Crippen molar-refractivity contribution < 1.29 is 71.0 Å². The van der Waals surface area contributed by atoms with Crippen molar-refractivity contribution in [1.82, 2.24) is 0 Å². The average Bonchev–Trinajstić information content (AvgIpc) is 2.21. The van der Waals surface area contributed by atoms with Crippen molar-refractivity contribution in [2.75, 3.05) is 0 Å². The fourth-order valence-corrected chi connectivity index (χ4v) is 0.116. The summed E-state index contributed by atoms with van der Waals surface area (Å²) >= 11 is 0. The van der Waals surface area contributed by atoms with Gasteiger partial charge in [0.05, 0.1) is 0 Å². The van der Waals surface area contributed by atoms with Crippen LogP contribution in [0.2, 0.25) is 0 Å². The molecule has 0 aliphatic heterocycles. The van der Waals surface area contributed by atoms with Gasteiger partial charge in [-0.05, 0) is 60.5 Å². The molecule has 0 aliphatic carbocycles. The summed E-state index contributed by atoms with van der Waals surface area (Å²) < 4.78 is 0. The third-order valence-corrected chi connectivity index (χ3v) is 0.311. The van der Waals surface area contributed by atoms with Crippen molar-refractivity contribution in [3.63, 3.8) is 0 Å². The van der Waals surface area contributed by atoms with Gasteiger partial charge in [-0.2, -0.15) is 0 Å². The van der Waals surface area contributed by atoms with E-state index in [1.807, 2.05) is 0 Å². The fourth-order valence-electron chi connectivity index (χ4n) is 0.116. The van der Waals surface area contributed by atoms with Gasteiger partial charge in [-0.3, -0.25) is 0 Å². The van der Waals surface area contributed by atoms with Gasteiger partial charge in [0.2, 0.25) is 0 Å². The van der Waals surface area contributed by atoms with E-state index in [-0.39, 0.29) is 0 Å². The van der Waals surface area contributed by atoms with Crippen LogP contribution in [0.5, 0.6) is 0 Å². The largest absolute Gasteiger partial charge is 0.219 e. The molecule has 0 rings (SSSR count). The zero-order chi connectivity index (χ0) is 10.5. The Morgan fingerprint density at radius 1 is 0.357 bits per heavy atom. The lowest BCUT2D eigenvalue weighted by molar-refractivity contribution is -0.874. The SMILES string of the molecule is OOOOOOOOOOOOOO. The van der Waals surface area contributed by atoms with Gasteiger partial charge in [0.15, 0.2) is 0 Å². The van der Waals surface area contributed by atoms with Gasteiger partial charge in [0.25, 0.3) is 0 Å². The Bertz CT molecular complexity index is 74.0. The van der Waals surface area contributed by atoms with Gasteiger partial charge < -0.3 is 0 Å². The summed E-state index contributed by atoms with van der Waals surface area (Å²) in [7, 11) is 0. The minimum absolute atomic E-state index is 2.86. The van der Waals surface area contributed by atoms with E-state index in [0.717, 1.165) is 0 Å². The van der Waals surface area contributed by atoms with Crippen LogP contribution in [0.1, 0.15) is 0 Å². The van der Waals surface area contributed by atoms with Crippen molar-refractivity contribution in [2.45, 2.75) is 0 Å². The first-order valence-electron chi connectivity index (χ1n) is 2.20. The van der Waals surface area contributed by atoms with Crippen molar-refractivity contribution in [3.8, 4) is 0 Å². The number of hydrogen-bond donors (Lipinski definition) is 2. The molecule has 0 heterocycles. The second-order valence-electron chi connectivity index (χ2n) is 0.829. The molecule has 0 aromatic heterocycles. The first kappa shape index (κ1) is 13.4. The molecule has 0 fully saturated rings. The van der Waals surface area contributed by atoms with Crippen LogP contribution < -0.4 is 0 Å². The predicted molar refractivity (Wildman–Crippen MR) is 18.3 cm³/mol. The van der Waals surface area contributed by atoms with Crippen LogP contribution >= 0.6 is 0 Å². The predicted octanol–water partition coefficient (Wildman–Crippen LogP) is -0.803. The monoisotopic (exact) mass is 226 g/mol. The van der Waals surface area contributed by atoms with E-state index in [1.165, 1.54) is 0 Å². The lowest BCUT2D eigenvalue weighted by Crippen LogP contribution is -2.03. The van der Waals surface area contributed by atoms with Crippen LogP contribution in [0, 0.1) is 0 Å². The second-order valence-corrected chi connectivity index (χ2v) is 0.829. The summed E-state index contributed by atoms with van der Waals surface area (Å²) in [5.41, 5.74) is 0. The van der Waals surface area contributed by atoms with Crippen LogP contribution in [-0.2, 0) is 60.5 Å². The van der Waals surface area contributed by atoms with E-state index in [0.29, 0.717) is 0 Å². The molecule has 14 heavy (non-hydrogen) atoms. The molecule has 0 aliphatic rings. The summed E-state index contributed by atoms with van der Waals surface area (Å²) in [4.78, 5) is 0. The van der Waals surface area contributed by atoms with E-state index in [9.17, 15) is 0 Å². The Hall–Kier alpha value is -0.560. The van der Waals surface area contributed by atoms with E-state index < -0.39 is 0 Å². The molecule has 0 saturated carbocycles. The fraction of sp³-hybridized carbons (Fsp3) is 0. The van der Waals surface area contributed by atoms with Gasteiger partial charge in [-0.1, -0.05) is 0 Å². The van der Waals surface area contributed by atoms with Crippen molar-refractivity contribution >= 4 is 0 Å². The molecule has 0 bridgehead atoms. The standard InChI is InChI=1S/H2O14/c1-3-5-7-9-11-13-14-12-10-8-6-4-2/h1-2H. The van der Waals surface area contributed by atoms with E-state index in [1.54, 1.807) is 0 Å². The highest BCUT2D eigenvalue weighted by Gasteiger charge is 1.96. The van der Waals surface area contributed by atoms with E-state index in [4.69, 9.17) is 10.5 Å². The first-order chi connectivity index (χ1) is 6.91. The van der Waals surface area contributed by atoms with Crippen LogP contribution in [0.4, 0.5) is 0 Å². The van der Waals surface area contributed by atoms with Crippen LogP contribution in [0.3, 0.4) is 0 Å². The quantitative estimate of drug-likeness (QED) is 0.256. The van der Waals surface area contributed by atoms with Crippen molar-refractivity contribution in [3.05, 3.63) is 0 Å². The molecular formula is H2O14. The zero-order valence-corrected chi connectivity index (χ0v) is 5.79. The maximum atomic E-state index is 7.43. The first-order valence-corrected chi connectivity index (χ1v) is 2.20. The van der Waals surface area contributed by atoms with Crippen molar-refractivity contribution in [1.29, 1.82) is 0 Å². The summed E-state index contributed by atoms with van der Waals surface area (Å²) in [6.45, 7) is 0. The summed E-state index contributed by atoms with van der Waals surface area (Å²) in [5, 5.41) is 54.0. The third kappa shape index (κ3) is 11.4. The molecule has 86 valence electrons. The Morgan fingerprint density at radius 2 is 0.571 bits per heavy atom. The summed E-state index contributed by atoms with van der Waals surface area (Å²) in [5.74, 6) is 0. The minimum Gasteiger partial charge on any atom is -0.219 e. The molecule has 0 radical (unpaired) electrons. The molecule has 0 saturated heterocycles. The molecule has 0 spiro atoms. The van der Waals surface area contributed by atoms with E-state index in [2.05, 4.69) is 60.5 Å². The Balaban J connectivity index is 2.78. The minimum atomic E-state index is 2.86. The topological polar surface area (TPSA) is 151 Å². The van der Waals surface area contributed by atoms with Gasteiger partial charge in [-0.25, -0.2) is 10.5 Å². The molecule has 2 N–H and O–H groups in total. The molecule has 0 unspecified atom stereocenters. The third-order valence-electron chi connectivity index (χ3n) is 0.311. The van der Waals surface area contributed by atoms with Crippen molar-refractivity contribution in [2.24, 2.45) is 0 Å². The zero-order valence-electron chi connectivity index (χ0n) is 5.79. The maximum Gasteiger partial charge on any atom is -0.0000000000361 e. The highest BCUT2D eigenvalue weighted by molar-refractivity contribution is 3.05. The molecule has 0 aromatic rings. The maximum absolute atomic E-state index is 7.43. The Morgan fingerprint density at radius 3 is 0.786 bits per heavy atom. The second kappa shape index (κ2) is 12.4. The van der Waals surface area contributed by atoms with Crippen LogP contribution in [-0.4, -0.2) is 10.5 Å². The molecular weight excluding hydrogens is 224 g/mol. The molecule has 0 aromatic carbocycles. The highest BCUT2D eigenvalue weighted by Crippen LogP contribution is 1.89.